The van der Waals surface area contributed by atoms with Gasteiger partial charge >= 0.3 is 0 Å². The minimum Gasteiger partial charge on any atom is -0.344 e. The van der Waals surface area contributed by atoms with E-state index < -0.39 is 14.7 Å². The second kappa shape index (κ2) is 4.94. The predicted molar refractivity (Wildman–Crippen MR) is 59.7 cm³/mol. The van der Waals surface area contributed by atoms with Crippen LogP contribution < -0.4 is 0 Å². The van der Waals surface area contributed by atoms with E-state index in [1.165, 1.54) is 0 Å². The maximum atomic E-state index is 11.5. The van der Waals surface area contributed by atoms with Gasteiger partial charge in [0.05, 0.1) is 0 Å². The van der Waals surface area contributed by atoms with Crippen molar-refractivity contribution in [2.24, 2.45) is 0 Å². The summed E-state index contributed by atoms with van der Waals surface area (Å²) in [6.07, 6.45) is -0.118. The third kappa shape index (κ3) is 4.27. The van der Waals surface area contributed by atoms with E-state index in [0.29, 0.717) is 0 Å². The molecule has 0 aromatic heterocycles. The monoisotopic (exact) mass is 242 g/mol. The molecule has 2 unspecified atom stereocenters. The van der Waals surface area contributed by atoms with Crippen molar-refractivity contribution in [2.75, 3.05) is 12.3 Å². The van der Waals surface area contributed by atoms with Gasteiger partial charge in [0.25, 0.3) is 0 Å². The van der Waals surface area contributed by atoms with Crippen LogP contribution >= 0.6 is 14.7 Å². The summed E-state index contributed by atoms with van der Waals surface area (Å²) in [5.41, 5.74) is -0.677. The van der Waals surface area contributed by atoms with Gasteiger partial charge in [0.15, 0.2) is 0 Å². The molecule has 0 spiro atoms. The third-order valence-corrected chi connectivity index (χ3v) is 7.66. The van der Waals surface area contributed by atoms with Crippen molar-refractivity contribution in [1.29, 1.82) is 0 Å². The molecule has 6 heteroatoms. The molecule has 0 amide bonds. The average molecular weight is 242 g/mol. The standard InChI is InChI=1S/C8H20O4P2/c1-7(2)13(9,10)5-6-14(11,12)8(3)4/h7-8H,5-6H2,1-4H3,(H,9,10)(H,11,12). The van der Waals surface area contributed by atoms with Crippen LogP contribution in [0.15, 0.2) is 0 Å². The molecule has 0 bridgehead atoms. The molecule has 86 valence electrons. The Balaban J connectivity index is 4.34. The number of hydrogen-bond donors (Lipinski definition) is 2. The maximum absolute atomic E-state index is 11.5. The molecule has 0 aromatic carbocycles. The molecule has 0 radical (unpaired) electrons. The highest BCUT2D eigenvalue weighted by atomic mass is 31.2. The van der Waals surface area contributed by atoms with Gasteiger partial charge in [-0.3, -0.25) is 9.13 Å². The van der Waals surface area contributed by atoms with Gasteiger partial charge in [-0.2, -0.15) is 0 Å². The molecular weight excluding hydrogens is 222 g/mol. The van der Waals surface area contributed by atoms with Crippen molar-refractivity contribution in [3.05, 3.63) is 0 Å². The van der Waals surface area contributed by atoms with Crippen molar-refractivity contribution in [1.82, 2.24) is 0 Å². The molecule has 2 N–H and O–H groups in total. The summed E-state index contributed by atoms with van der Waals surface area (Å²) in [5, 5.41) is 0. The van der Waals surface area contributed by atoms with Gasteiger partial charge in [0.1, 0.15) is 0 Å². The third-order valence-electron chi connectivity index (χ3n) is 2.35. The fourth-order valence-electron chi connectivity index (χ4n) is 0.803. The zero-order valence-electron chi connectivity index (χ0n) is 9.17. The first-order chi connectivity index (χ1) is 6.09. The van der Waals surface area contributed by atoms with Gasteiger partial charge in [-0.1, -0.05) is 27.7 Å². The van der Waals surface area contributed by atoms with E-state index in [0.717, 1.165) is 0 Å². The normalized spacial score (nSPS) is 20.9. The second-order valence-corrected chi connectivity index (χ2v) is 10.1. The van der Waals surface area contributed by atoms with Gasteiger partial charge in [0, 0.05) is 23.6 Å². The lowest BCUT2D eigenvalue weighted by Gasteiger charge is -2.19. The van der Waals surface area contributed by atoms with Crippen LogP contribution in [-0.4, -0.2) is 33.4 Å². The molecule has 0 aliphatic rings. The van der Waals surface area contributed by atoms with Gasteiger partial charge in [-0.05, 0) is 0 Å². The summed E-state index contributed by atoms with van der Waals surface area (Å²) in [6, 6.07) is 0. The van der Waals surface area contributed by atoms with Crippen LogP contribution in [0, 0.1) is 0 Å². The lowest BCUT2D eigenvalue weighted by molar-refractivity contribution is 0.458. The van der Waals surface area contributed by atoms with E-state index in [1.54, 1.807) is 27.7 Å². The van der Waals surface area contributed by atoms with Crippen LogP contribution in [0.4, 0.5) is 0 Å². The van der Waals surface area contributed by atoms with Crippen molar-refractivity contribution in [3.8, 4) is 0 Å². The number of rotatable bonds is 5. The Bertz CT molecular complexity index is 245. The van der Waals surface area contributed by atoms with Crippen LogP contribution in [0.1, 0.15) is 27.7 Å². The minimum atomic E-state index is -3.23. The molecule has 2 atom stereocenters. The van der Waals surface area contributed by atoms with E-state index in [4.69, 9.17) is 0 Å². The molecule has 0 fully saturated rings. The number of hydrogen-bond acceptors (Lipinski definition) is 2. The molecule has 0 aliphatic carbocycles. The molecule has 0 saturated carbocycles. The van der Waals surface area contributed by atoms with E-state index in [9.17, 15) is 18.9 Å². The first-order valence-corrected chi connectivity index (χ1v) is 8.55. The first kappa shape index (κ1) is 14.4. The molecule has 0 heterocycles. The van der Waals surface area contributed by atoms with Crippen LogP contribution in [0.2, 0.25) is 0 Å². The maximum Gasteiger partial charge on any atom is 0.203 e. The van der Waals surface area contributed by atoms with Crippen molar-refractivity contribution in [2.45, 2.75) is 39.0 Å². The summed E-state index contributed by atoms with van der Waals surface area (Å²) < 4.78 is 23.0. The zero-order chi connectivity index (χ0) is 11.6. The Labute approximate surface area is 85.6 Å². The molecule has 14 heavy (non-hydrogen) atoms. The Kier molecular flexibility index (Phi) is 5.07. The lowest BCUT2D eigenvalue weighted by Crippen LogP contribution is -2.09. The van der Waals surface area contributed by atoms with Gasteiger partial charge in [0.2, 0.25) is 14.7 Å². The zero-order valence-corrected chi connectivity index (χ0v) is 11.0. The first-order valence-electron chi connectivity index (χ1n) is 4.72. The Hall–Kier alpha value is 0.380. The minimum absolute atomic E-state index is 0.0589. The second-order valence-electron chi connectivity index (χ2n) is 4.15. The predicted octanol–water partition coefficient (Wildman–Crippen LogP) is 2.34. The molecule has 0 rings (SSSR count). The molecule has 4 nitrogen and oxygen atoms in total. The summed E-state index contributed by atoms with van der Waals surface area (Å²) in [7, 11) is -6.47. The highest BCUT2D eigenvalue weighted by molar-refractivity contribution is 7.62. The van der Waals surface area contributed by atoms with Crippen molar-refractivity contribution >= 4 is 14.7 Å². The molecule has 0 saturated heterocycles. The summed E-state index contributed by atoms with van der Waals surface area (Å²) >= 11 is 0. The van der Waals surface area contributed by atoms with Gasteiger partial charge in [-0.15, -0.1) is 0 Å². The average Bonchev–Trinajstić information content (AvgIpc) is 2.01. The highest BCUT2D eigenvalue weighted by Crippen LogP contribution is 2.53. The largest absolute Gasteiger partial charge is 0.344 e. The van der Waals surface area contributed by atoms with E-state index >= 15 is 0 Å². The smallest absolute Gasteiger partial charge is 0.203 e. The van der Waals surface area contributed by atoms with E-state index in [1.807, 2.05) is 0 Å². The van der Waals surface area contributed by atoms with Crippen molar-refractivity contribution in [3.63, 3.8) is 0 Å². The van der Waals surface area contributed by atoms with Gasteiger partial charge in [-0.25, -0.2) is 0 Å². The van der Waals surface area contributed by atoms with Crippen LogP contribution in [0.3, 0.4) is 0 Å². The Morgan fingerprint density at radius 3 is 1.21 bits per heavy atom. The summed E-state index contributed by atoms with van der Waals surface area (Å²) in [6.45, 7) is 6.60. The quantitative estimate of drug-likeness (QED) is 0.725. The highest BCUT2D eigenvalue weighted by Gasteiger charge is 2.30. The SMILES string of the molecule is CC(C)P(=O)(O)CCP(=O)(O)C(C)C. The van der Waals surface area contributed by atoms with Crippen LogP contribution in [-0.2, 0) is 9.13 Å². The van der Waals surface area contributed by atoms with E-state index in [-0.39, 0.29) is 23.6 Å². The fourth-order valence-corrected chi connectivity index (χ4v) is 4.13. The Morgan fingerprint density at radius 2 is 1.07 bits per heavy atom. The summed E-state index contributed by atoms with van der Waals surface area (Å²) in [5.74, 6) is 0. The van der Waals surface area contributed by atoms with Crippen LogP contribution in [0.25, 0.3) is 0 Å². The molecule has 0 aromatic rings. The Morgan fingerprint density at radius 1 is 0.857 bits per heavy atom. The fraction of sp³-hybridized carbons (Fsp3) is 1.00. The molecular formula is C8H20O4P2. The topological polar surface area (TPSA) is 74.6 Å². The summed E-state index contributed by atoms with van der Waals surface area (Å²) in [4.78, 5) is 18.9. The molecule has 0 aliphatic heterocycles. The van der Waals surface area contributed by atoms with Crippen LogP contribution in [0.5, 0.6) is 0 Å². The lowest BCUT2D eigenvalue weighted by atomic mass is 10.6. The van der Waals surface area contributed by atoms with Crippen molar-refractivity contribution < 1.29 is 18.9 Å². The van der Waals surface area contributed by atoms with E-state index in [2.05, 4.69) is 0 Å². The van der Waals surface area contributed by atoms with Gasteiger partial charge < -0.3 is 9.79 Å².